The fourth-order valence-electron chi connectivity index (χ4n) is 7.37. The minimum absolute atomic E-state index is 0.131. The molecular weight excluding hydrogens is 530 g/mol. The van der Waals surface area contributed by atoms with Gasteiger partial charge in [0.1, 0.15) is 0 Å². The molecule has 3 aliphatic rings. The van der Waals surface area contributed by atoms with Gasteiger partial charge >= 0.3 is 0 Å². The molecule has 4 aromatic rings. The molecule has 5 atom stereocenters. The Labute approximate surface area is 241 Å². The number of nitrogens with one attached hydrogen (secondary N) is 3. The number of aryl methyl sites for hydroxylation is 1. The molecule has 1 heterocycles. The Morgan fingerprint density at radius 3 is 2.29 bits per heavy atom. The van der Waals surface area contributed by atoms with Gasteiger partial charge in [-0.05, 0) is 116 Å². The molecule has 0 unspecified atom stereocenters. The third-order valence-electron chi connectivity index (χ3n) is 9.23. The number of sulfonamides is 1. The first-order valence-corrected chi connectivity index (χ1v) is 15.8. The van der Waals surface area contributed by atoms with Crippen LogP contribution in [0.5, 0.6) is 0 Å². The summed E-state index contributed by atoms with van der Waals surface area (Å²) >= 11 is 0. The molecule has 2 aliphatic carbocycles. The van der Waals surface area contributed by atoms with E-state index >= 15 is 0 Å². The molecular formula is C34H33N3O3S. The predicted molar refractivity (Wildman–Crippen MR) is 163 cm³/mol. The quantitative estimate of drug-likeness (QED) is 0.229. The monoisotopic (exact) mass is 563 g/mol. The summed E-state index contributed by atoms with van der Waals surface area (Å²) in [5, 5.41) is 6.78. The Bertz CT molecular complexity index is 1700. The summed E-state index contributed by atoms with van der Waals surface area (Å²) in [5.74, 6) is 2.16. The van der Waals surface area contributed by atoms with Crippen LogP contribution in [0.1, 0.15) is 58.3 Å². The summed E-state index contributed by atoms with van der Waals surface area (Å²) in [7, 11) is -3.74. The van der Waals surface area contributed by atoms with Crippen molar-refractivity contribution in [2.75, 3.05) is 15.4 Å². The van der Waals surface area contributed by atoms with Crippen LogP contribution in [0, 0.1) is 24.7 Å². The Morgan fingerprint density at radius 1 is 0.829 bits per heavy atom. The Kier molecular flexibility index (Phi) is 6.35. The highest BCUT2D eigenvalue weighted by molar-refractivity contribution is 7.92. The van der Waals surface area contributed by atoms with Crippen molar-refractivity contribution in [2.24, 2.45) is 17.8 Å². The van der Waals surface area contributed by atoms with Gasteiger partial charge in [-0.1, -0.05) is 48.0 Å². The average Bonchev–Trinajstić information content (AvgIpc) is 3.62. The summed E-state index contributed by atoms with van der Waals surface area (Å²) in [5.41, 5.74) is 6.43. The van der Waals surface area contributed by atoms with Crippen LogP contribution in [0.25, 0.3) is 0 Å². The first-order valence-electron chi connectivity index (χ1n) is 14.3. The van der Waals surface area contributed by atoms with Crippen LogP contribution in [0.3, 0.4) is 0 Å². The van der Waals surface area contributed by atoms with Crippen molar-refractivity contribution in [2.45, 2.75) is 43.0 Å². The number of rotatable bonds is 6. The molecule has 0 saturated heterocycles. The lowest BCUT2D eigenvalue weighted by molar-refractivity contribution is 0.102. The zero-order valence-corrected chi connectivity index (χ0v) is 23.7. The van der Waals surface area contributed by atoms with Crippen molar-refractivity contribution in [3.8, 4) is 0 Å². The Balaban J connectivity index is 1.10. The SMILES string of the molecule is Cc1ccc(NS(=O)(=O)c2ccc(NC(=O)c3ccc4c(c3)[C@@H]3[C@H]5CC[C@@H](C5)[C@@H]3[C@H](c3ccccc3)N4)cc2)cc1. The van der Waals surface area contributed by atoms with Crippen molar-refractivity contribution >= 4 is 33.0 Å². The number of anilines is 3. The van der Waals surface area contributed by atoms with Gasteiger partial charge < -0.3 is 10.6 Å². The van der Waals surface area contributed by atoms with Crippen molar-refractivity contribution < 1.29 is 13.2 Å². The predicted octanol–water partition coefficient (Wildman–Crippen LogP) is 7.34. The van der Waals surface area contributed by atoms with E-state index in [0.717, 1.165) is 11.3 Å². The minimum Gasteiger partial charge on any atom is -0.378 e. The van der Waals surface area contributed by atoms with Crippen LogP contribution in [0.15, 0.2) is 102 Å². The standard InChI is InChI=1S/C34H33N3O3S/c1-21-7-12-27(13-8-21)37-41(39,40)28-16-14-26(15-17-28)35-34(38)25-11-18-30-29(20-25)31-23-9-10-24(19-23)32(31)33(36-30)22-5-3-2-4-6-22/h2-8,11-18,20,23-24,31-33,36-37H,9-10,19H2,1H3,(H,35,38)/t23-,24-,31-,32-,33-/m0/s1. The van der Waals surface area contributed by atoms with E-state index in [1.807, 2.05) is 25.1 Å². The van der Waals surface area contributed by atoms with E-state index in [4.69, 9.17) is 0 Å². The van der Waals surface area contributed by atoms with Crippen LogP contribution in [-0.4, -0.2) is 14.3 Å². The maximum atomic E-state index is 13.3. The molecule has 208 valence electrons. The van der Waals surface area contributed by atoms with Gasteiger partial charge in [0.05, 0.1) is 10.9 Å². The van der Waals surface area contributed by atoms with E-state index in [1.165, 1.54) is 42.5 Å². The van der Waals surface area contributed by atoms with Crippen molar-refractivity contribution in [1.29, 1.82) is 0 Å². The topological polar surface area (TPSA) is 87.3 Å². The van der Waals surface area contributed by atoms with Gasteiger partial charge in [-0.25, -0.2) is 8.42 Å². The van der Waals surface area contributed by atoms with Crippen molar-refractivity contribution in [1.82, 2.24) is 0 Å². The lowest BCUT2D eigenvalue weighted by Crippen LogP contribution is -2.35. The summed E-state index contributed by atoms with van der Waals surface area (Å²) in [4.78, 5) is 13.5. The van der Waals surface area contributed by atoms with E-state index in [-0.39, 0.29) is 10.8 Å². The average molecular weight is 564 g/mol. The minimum atomic E-state index is -3.74. The maximum Gasteiger partial charge on any atom is 0.261 e. The third kappa shape index (κ3) is 4.78. The van der Waals surface area contributed by atoms with Crippen LogP contribution in [0.4, 0.5) is 17.1 Å². The maximum absolute atomic E-state index is 13.3. The van der Waals surface area contributed by atoms with Gasteiger partial charge in [0.2, 0.25) is 0 Å². The van der Waals surface area contributed by atoms with Crippen LogP contribution in [-0.2, 0) is 10.0 Å². The van der Waals surface area contributed by atoms with Crippen molar-refractivity contribution in [3.63, 3.8) is 0 Å². The molecule has 0 aromatic heterocycles. The summed E-state index contributed by atoms with van der Waals surface area (Å²) in [6, 6.07) is 30.5. The van der Waals surface area contributed by atoms with Gasteiger partial charge in [-0.15, -0.1) is 0 Å². The lowest BCUT2D eigenvalue weighted by Gasteiger charge is -2.43. The molecule has 6 nitrogen and oxygen atoms in total. The summed E-state index contributed by atoms with van der Waals surface area (Å²) in [6.45, 7) is 1.95. The first kappa shape index (κ1) is 25.8. The fourth-order valence-corrected chi connectivity index (χ4v) is 8.43. The first-order chi connectivity index (χ1) is 19.9. The zero-order valence-electron chi connectivity index (χ0n) is 22.9. The van der Waals surface area contributed by atoms with E-state index in [9.17, 15) is 13.2 Å². The molecule has 1 aliphatic heterocycles. The summed E-state index contributed by atoms with van der Waals surface area (Å²) in [6.07, 6.45) is 3.82. The molecule has 7 heteroatoms. The highest BCUT2D eigenvalue weighted by Gasteiger charge is 2.53. The van der Waals surface area contributed by atoms with Crippen LogP contribution in [0.2, 0.25) is 0 Å². The molecule has 0 spiro atoms. The third-order valence-corrected chi connectivity index (χ3v) is 10.6. The smallest absolute Gasteiger partial charge is 0.261 e. The molecule has 2 fully saturated rings. The van der Waals surface area contributed by atoms with E-state index < -0.39 is 10.0 Å². The molecule has 7 rings (SSSR count). The molecule has 0 radical (unpaired) electrons. The van der Waals surface area contributed by atoms with Gasteiger partial charge in [-0.2, -0.15) is 0 Å². The second kappa shape index (κ2) is 10.1. The molecule has 2 saturated carbocycles. The summed E-state index contributed by atoms with van der Waals surface area (Å²) < 4.78 is 28.3. The number of carbonyl (C=O) groups excluding carboxylic acids is 1. The molecule has 2 bridgehead atoms. The fraction of sp³-hybridized carbons (Fsp3) is 0.265. The highest BCUT2D eigenvalue weighted by Crippen LogP contribution is 2.63. The molecule has 41 heavy (non-hydrogen) atoms. The number of hydrogen-bond acceptors (Lipinski definition) is 4. The number of fused-ring (bicyclic) bond motifs is 7. The molecule has 4 aromatic carbocycles. The molecule has 1 amide bonds. The lowest BCUT2D eigenvalue weighted by atomic mass is 9.68. The Hall–Kier alpha value is -4.10. The van der Waals surface area contributed by atoms with Gasteiger partial charge in [0, 0.05) is 22.6 Å². The second-order valence-corrected chi connectivity index (χ2v) is 13.4. The van der Waals surface area contributed by atoms with E-state index in [1.54, 1.807) is 24.3 Å². The van der Waals surface area contributed by atoms with E-state index in [0.29, 0.717) is 46.7 Å². The number of benzene rings is 4. The Morgan fingerprint density at radius 2 is 1.54 bits per heavy atom. The van der Waals surface area contributed by atoms with Gasteiger partial charge in [0.25, 0.3) is 15.9 Å². The molecule has 3 N–H and O–H groups in total. The zero-order chi connectivity index (χ0) is 28.1. The number of amides is 1. The largest absolute Gasteiger partial charge is 0.378 e. The number of hydrogen-bond donors (Lipinski definition) is 3. The van der Waals surface area contributed by atoms with Crippen LogP contribution >= 0.6 is 0 Å². The van der Waals surface area contributed by atoms with Crippen molar-refractivity contribution in [3.05, 3.63) is 119 Å². The normalized spacial score (nSPS) is 24.2. The number of carbonyl (C=O) groups is 1. The second-order valence-electron chi connectivity index (χ2n) is 11.7. The van der Waals surface area contributed by atoms with Crippen LogP contribution < -0.4 is 15.4 Å². The van der Waals surface area contributed by atoms with Gasteiger partial charge in [-0.3, -0.25) is 9.52 Å². The van der Waals surface area contributed by atoms with Gasteiger partial charge in [0.15, 0.2) is 0 Å². The van der Waals surface area contributed by atoms with E-state index in [2.05, 4.69) is 57.8 Å². The highest BCUT2D eigenvalue weighted by atomic mass is 32.2.